The van der Waals surface area contributed by atoms with Crippen LogP contribution >= 0.6 is 0 Å². The van der Waals surface area contributed by atoms with Gasteiger partial charge in [0.25, 0.3) is 0 Å². The minimum Gasteiger partial charge on any atom is -0.395 e. The van der Waals surface area contributed by atoms with Crippen LogP contribution in [0.25, 0.3) is 0 Å². The number of nitrogens with zero attached hydrogens (tertiary/aromatic N) is 3. The number of piperazine rings is 1. The van der Waals surface area contributed by atoms with E-state index in [9.17, 15) is 9.59 Å². The van der Waals surface area contributed by atoms with Gasteiger partial charge in [0, 0.05) is 45.3 Å². The zero-order valence-corrected chi connectivity index (χ0v) is 13.0. The van der Waals surface area contributed by atoms with Gasteiger partial charge in [-0.05, 0) is 25.7 Å². The maximum atomic E-state index is 12.5. The molecule has 1 N–H and O–H groups in total. The first kappa shape index (κ1) is 16.2. The van der Waals surface area contributed by atoms with Gasteiger partial charge in [-0.1, -0.05) is 6.92 Å². The smallest absolute Gasteiger partial charge is 0.312 e. The second-order valence-corrected chi connectivity index (χ2v) is 5.91. The molecule has 2 fully saturated rings. The Bertz CT molecular complexity index is 367. The SMILES string of the molecule is CCC1CCCCN1C(=O)C(=O)N1CCN(CCO)CC1. The molecule has 21 heavy (non-hydrogen) atoms. The van der Waals surface area contributed by atoms with E-state index in [4.69, 9.17) is 5.11 Å². The van der Waals surface area contributed by atoms with Crippen LogP contribution in [-0.2, 0) is 9.59 Å². The van der Waals surface area contributed by atoms with Crippen LogP contribution in [0.3, 0.4) is 0 Å². The van der Waals surface area contributed by atoms with E-state index < -0.39 is 0 Å². The average Bonchev–Trinajstić information content (AvgIpc) is 2.54. The summed E-state index contributed by atoms with van der Waals surface area (Å²) in [5, 5.41) is 8.93. The quantitative estimate of drug-likeness (QED) is 0.740. The van der Waals surface area contributed by atoms with Crippen LogP contribution in [-0.4, -0.2) is 83.5 Å². The first-order chi connectivity index (χ1) is 10.2. The van der Waals surface area contributed by atoms with Crippen molar-refractivity contribution in [2.75, 3.05) is 45.9 Å². The number of piperidine rings is 1. The van der Waals surface area contributed by atoms with Crippen molar-refractivity contribution in [2.24, 2.45) is 0 Å². The first-order valence-electron chi connectivity index (χ1n) is 8.10. The summed E-state index contributed by atoms with van der Waals surface area (Å²) in [6.07, 6.45) is 4.08. The van der Waals surface area contributed by atoms with E-state index in [1.165, 1.54) is 0 Å². The van der Waals surface area contributed by atoms with Crippen LogP contribution in [0.1, 0.15) is 32.6 Å². The van der Waals surface area contributed by atoms with Gasteiger partial charge in [0.15, 0.2) is 0 Å². The molecule has 6 nitrogen and oxygen atoms in total. The van der Waals surface area contributed by atoms with Crippen molar-refractivity contribution in [1.82, 2.24) is 14.7 Å². The predicted octanol–water partition coefficient (Wildman–Crippen LogP) is -0.0860. The number of hydrogen-bond donors (Lipinski definition) is 1. The van der Waals surface area contributed by atoms with Crippen LogP contribution in [0.4, 0.5) is 0 Å². The number of rotatable bonds is 3. The summed E-state index contributed by atoms with van der Waals surface area (Å²) >= 11 is 0. The molecule has 0 aromatic heterocycles. The molecule has 0 saturated carbocycles. The average molecular weight is 297 g/mol. The molecule has 0 spiro atoms. The summed E-state index contributed by atoms with van der Waals surface area (Å²) in [5.74, 6) is -0.670. The van der Waals surface area contributed by atoms with Crippen molar-refractivity contribution in [3.63, 3.8) is 0 Å². The van der Waals surface area contributed by atoms with Crippen molar-refractivity contribution < 1.29 is 14.7 Å². The molecule has 6 heteroatoms. The number of likely N-dealkylation sites (tertiary alicyclic amines) is 1. The van der Waals surface area contributed by atoms with Gasteiger partial charge in [-0.15, -0.1) is 0 Å². The summed E-state index contributed by atoms with van der Waals surface area (Å²) in [6, 6.07) is 0.228. The third kappa shape index (κ3) is 3.95. The number of β-amino-alcohol motifs (C(OH)–C–C–N with tert-alkyl or cyclic N) is 1. The van der Waals surface area contributed by atoms with Crippen molar-refractivity contribution >= 4 is 11.8 Å². The highest BCUT2D eigenvalue weighted by molar-refractivity contribution is 6.35. The molecule has 0 aromatic carbocycles. The molecule has 0 aromatic rings. The summed E-state index contributed by atoms with van der Waals surface area (Å²) in [5.41, 5.74) is 0. The number of aliphatic hydroxyl groups is 1. The fourth-order valence-electron chi connectivity index (χ4n) is 3.27. The highest BCUT2D eigenvalue weighted by Gasteiger charge is 2.33. The fourth-order valence-corrected chi connectivity index (χ4v) is 3.27. The minimum absolute atomic E-state index is 0.138. The molecule has 2 aliphatic rings. The van der Waals surface area contributed by atoms with E-state index in [-0.39, 0.29) is 24.5 Å². The minimum atomic E-state index is -0.348. The van der Waals surface area contributed by atoms with E-state index in [0.29, 0.717) is 26.2 Å². The normalized spacial score (nSPS) is 24.2. The van der Waals surface area contributed by atoms with Crippen LogP contribution in [0.2, 0.25) is 0 Å². The number of aliphatic hydroxyl groups excluding tert-OH is 1. The standard InChI is InChI=1S/C15H27N3O3/c1-2-13-5-3-4-6-18(13)15(21)14(20)17-9-7-16(8-10-17)11-12-19/h13,19H,2-12H2,1H3. The van der Waals surface area contributed by atoms with Gasteiger partial charge in [0.1, 0.15) is 0 Å². The van der Waals surface area contributed by atoms with Crippen LogP contribution in [0, 0.1) is 0 Å². The summed E-state index contributed by atoms with van der Waals surface area (Å²) in [6.45, 7) is 6.19. The summed E-state index contributed by atoms with van der Waals surface area (Å²) < 4.78 is 0. The lowest BCUT2D eigenvalue weighted by Crippen LogP contribution is -2.55. The van der Waals surface area contributed by atoms with Gasteiger partial charge < -0.3 is 14.9 Å². The molecule has 2 rings (SSSR count). The summed E-state index contributed by atoms with van der Waals surface area (Å²) in [7, 11) is 0. The highest BCUT2D eigenvalue weighted by Crippen LogP contribution is 2.20. The van der Waals surface area contributed by atoms with Crippen LogP contribution < -0.4 is 0 Å². The molecule has 0 bridgehead atoms. The molecule has 2 aliphatic heterocycles. The van der Waals surface area contributed by atoms with Crippen molar-refractivity contribution in [2.45, 2.75) is 38.6 Å². The van der Waals surface area contributed by atoms with Gasteiger partial charge in [-0.25, -0.2) is 0 Å². The number of hydrogen-bond acceptors (Lipinski definition) is 4. The van der Waals surface area contributed by atoms with E-state index >= 15 is 0 Å². The fraction of sp³-hybridized carbons (Fsp3) is 0.867. The zero-order valence-electron chi connectivity index (χ0n) is 13.0. The number of carbonyl (C=O) groups is 2. The van der Waals surface area contributed by atoms with Crippen molar-refractivity contribution in [3.05, 3.63) is 0 Å². The van der Waals surface area contributed by atoms with Gasteiger partial charge in [0.2, 0.25) is 0 Å². The lowest BCUT2D eigenvalue weighted by molar-refractivity contribution is -0.155. The lowest BCUT2D eigenvalue weighted by atomic mass is 10.00. The Labute approximate surface area is 126 Å². The monoisotopic (exact) mass is 297 g/mol. The topological polar surface area (TPSA) is 64.1 Å². The molecule has 1 unspecified atom stereocenters. The molecule has 2 amide bonds. The van der Waals surface area contributed by atoms with Crippen molar-refractivity contribution in [3.8, 4) is 0 Å². The number of carbonyl (C=O) groups excluding carboxylic acids is 2. The molecule has 0 aliphatic carbocycles. The Morgan fingerprint density at radius 3 is 2.38 bits per heavy atom. The Morgan fingerprint density at radius 1 is 1.05 bits per heavy atom. The van der Waals surface area contributed by atoms with Crippen LogP contribution in [0.15, 0.2) is 0 Å². The maximum absolute atomic E-state index is 12.5. The van der Waals surface area contributed by atoms with E-state index in [1.807, 2.05) is 0 Å². The largest absolute Gasteiger partial charge is 0.395 e. The van der Waals surface area contributed by atoms with Gasteiger partial charge in [-0.2, -0.15) is 0 Å². The molecule has 2 saturated heterocycles. The Hall–Kier alpha value is -1.14. The Balaban J connectivity index is 1.89. The molecular formula is C15H27N3O3. The van der Waals surface area contributed by atoms with Crippen molar-refractivity contribution in [1.29, 1.82) is 0 Å². The molecule has 2 heterocycles. The third-order valence-corrected chi connectivity index (χ3v) is 4.62. The molecular weight excluding hydrogens is 270 g/mol. The Morgan fingerprint density at radius 2 is 1.76 bits per heavy atom. The zero-order chi connectivity index (χ0) is 15.2. The molecule has 1 atom stereocenters. The predicted molar refractivity (Wildman–Crippen MR) is 79.7 cm³/mol. The van der Waals surface area contributed by atoms with Gasteiger partial charge in [-0.3, -0.25) is 14.5 Å². The lowest BCUT2D eigenvalue weighted by Gasteiger charge is -2.38. The first-order valence-corrected chi connectivity index (χ1v) is 8.10. The third-order valence-electron chi connectivity index (χ3n) is 4.62. The second kappa shape index (κ2) is 7.75. The van der Waals surface area contributed by atoms with E-state index in [1.54, 1.807) is 9.80 Å². The maximum Gasteiger partial charge on any atom is 0.312 e. The molecule has 120 valence electrons. The highest BCUT2D eigenvalue weighted by atomic mass is 16.3. The molecule has 0 radical (unpaired) electrons. The van der Waals surface area contributed by atoms with Gasteiger partial charge >= 0.3 is 11.8 Å². The van der Waals surface area contributed by atoms with Crippen LogP contribution in [0.5, 0.6) is 0 Å². The number of amides is 2. The van der Waals surface area contributed by atoms with Gasteiger partial charge in [0.05, 0.1) is 6.61 Å². The summed E-state index contributed by atoms with van der Waals surface area (Å²) in [4.78, 5) is 30.4. The Kier molecular flexibility index (Phi) is 5.99. The van der Waals surface area contributed by atoms with E-state index in [0.717, 1.165) is 38.8 Å². The van der Waals surface area contributed by atoms with E-state index in [2.05, 4.69) is 11.8 Å². The second-order valence-electron chi connectivity index (χ2n) is 5.91.